The second-order valence-corrected chi connectivity index (χ2v) is 5.53. The van der Waals surface area contributed by atoms with Crippen LogP contribution in [-0.2, 0) is 13.0 Å². The van der Waals surface area contributed by atoms with E-state index in [0.717, 1.165) is 35.9 Å². The summed E-state index contributed by atoms with van der Waals surface area (Å²) in [6.45, 7) is 4.75. The zero-order chi connectivity index (χ0) is 14.1. The Morgan fingerprint density at radius 3 is 2.80 bits per heavy atom. The molecule has 5 heteroatoms. The molecule has 0 unspecified atom stereocenters. The van der Waals surface area contributed by atoms with E-state index in [1.54, 1.807) is 6.26 Å². The summed E-state index contributed by atoms with van der Waals surface area (Å²) >= 11 is 6.25. The van der Waals surface area contributed by atoms with Crippen molar-refractivity contribution in [3.8, 4) is 0 Å². The lowest BCUT2D eigenvalue weighted by Gasteiger charge is -2.24. The summed E-state index contributed by atoms with van der Waals surface area (Å²) in [6, 6.07) is 4.45. The van der Waals surface area contributed by atoms with Crippen molar-refractivity contribution in [3.63, 3.8) is 0 Å². The number of anilines is 1. The highest BCUT2D eigenvalue weighted by molar-refractivity contribution is 6.30. The second kappa shape index (κ2) is 5.44. The maximum Gasteiger partial charge on any atom is 0.137 e. The third kappa shape index (κ3) is 2.66. The fourth-order valence-corrected chi connectivity index (χ4v) is 2.47. The summed E-state index contributed by atoms with van der Waals surface area (Å²) in [7, 11) is 0. The summed E-state index contributed by atoms with van der Waals surface area (Å²) in [5, 5.41) is 0.553. The zero-order valence-corrected chi connectivity index (χ0v) is 12.5. The number of furan rings is 1. The Morgan fingerprint density at radius 1 is 1.40 bits per heavy atom. The molecule has 4 nitrogen and oxygen atoms in total. The minimum absolute atomic E-state index is 0.537. The van der Waals surface area contributed by atoms with Crippen molar-refractivity contribution in [2.24, 2.45) is 0 Å². The molecule has 2 aromatic rings. The van der Waals surface area contributed by atoms with Crippen LogP contribution in [-0.4, -0.2) is 16.0 Å². The van der Waals surface area contributed by atoms with Gasteiger partial charge in [0.25, 0.3) is 0 Å². The van der Waals surface area contributed by atoms with Crippen molar-refractivity contribution in [2.45, 2.75) is 45.7 Å². The summed E-state index contributed by atoms with van der Waals surface area (Å²) in [5.74, 6) is 2.69. The minimum Gasteiger partial charge on any atom is -0.467 e. The molecule has 0 atom stereocenters. The number of hydrogen-bond acceptors (Lipinski definition) is 4. The molecule has 2 heterocycles. The standard InChI is InChI=1S/C15H18ClN3O/c1-3-13-17-14(16)10(2)15(18-13)19(11-6-7-11)9-12-5-4-8-20-12/h4-5,8,11H,3,6-7,9H2,1-2H3. The lowest BCUT2D eigenvalue weighted by atomic mass is 10.2. The molecule has 0 aromatic carbocycles. The van der Waals surface area contributed by atoms with Crippen molar-refractivity contribution in [1.82, 2.24) is 9.97 Å². The van der Waals surface area contributed by atoms with Crippen LogP contribution in [0.25, 0.3) is 0 Å². The van der Waals surface area contributed by atoms with Gasteiger partial charge in [-0.25, -0.2) is 9.97 Å². The molecule has 2 aromatic heterocycles. The van der Waals surface area contributed by atoms with Crippen molar-refractivity contribution >= 4 is 17.4 Å². The third-order valence-corrected chi connectivity index (χ3v) is 3.96. The molecule has 1 aliphatic carbocycles. The first-order valence-corrected chi connectivity index (χ1v) is 7.39. The average Bonchev–Trinajstić information content (AvgIpc) is 3.16. The molecule has 0 saturated heterocycles. The maximum atomic E-state index is 6.25. The van der Waals surface area contributed by atoms with Gasteiger partial charge in [0.15, 0.2) is 0 Å². The normalized spacial score (nSPS) is 14.6. The van der Waals surface area contributed by atoms with Gasteiger partial charge in [-0.05, 0) is 31.9 Å². The molecular weight excluding hydrogens is 274 g/mol. The van der Waals surface area contributed by atoms with Gasteiger partial charge in [-0.15, -0.1) is 0 Å². The van der Waals surface area contributed by atoms with Crippen LogP contribution >= 0.6 is 11.6 Å². The molecule has 0 spiro atoms. The van der Waals surface area contributed by atoms with E-state index in [-0.39, 0.29) is 0 Å². The molecule has 1 aliphatic rings. The number of hydrogen-bond donors (Lipinski definition) is 0. The molecule has 3 rings (SSSR count). The van der Waals surface area contributed by atoms with Crippen molar-refractivity contribution in [3.05, 3.63) is 40.7 Å². The number of rotatable bonds is 5. The Morgan fingerprint density at radius 2 is 2.20 bits per heavy atom. The molecule has 0 N–H and O–H groups in total. The highest BCUT2D eigenvalue weighted by atomic mass is 35.5. The van der Waals surface area contributed by atoms with Crippen LogP contribution in [0.2, 0.25) is 5.15 Å². The first kappa shape index (κ1) is 13.4. The van der Waals surface area contributed by atoms with Gasteiger partial charge in [-0.2, -0.15) is 0 Å². The smallest absolute Gasteiger partial charge is 0.137 e. The average molecular weight is 292 g/mol. The zero-order valence-electron chi connectivity index (χ0n) is 11.8. The van der Waals surface area contributed by atoms with Gasteiger partial charge < -0.3 is 9.32 Å². The fraction of sp³-hybridized carbons (Fsp3) is 0.467. The molecule has 1 fully saturated rings. The SMILES string of the molecule is CCc1nc(Cl)c(C)c(N(Cc2ccco2)C2CC2)n1. The van der Waals surface area contributed by atoms with Crippen molar-refractivity contribution in [2.75, 3.05) is 4.90 Å². The highest BCUT2D eigenvalue weighted by Crippen LogP contribution is 2.35. The predicted octanol–water partition coefficient (Wildman–Crippen LogP) is 3.76. The lowest BCUT2D eigenvalue weighted by molar-refractivity contribution is 0.499. The van der Waals surface area contributed by atoms with Gasteiger partial charge in [0.1, 0.15) is 22.6 Å². The summed E-state index contributed by atoms with van der Waals surface area (Å²) in [6.07, 6.45) is 4.89. The van der Waals surface area contributed by atoms with Gasteiger partial charge >= 0.3 is 0 Å². The summed E-state index contributed by atoms with van der Waals surface area (Å²) < 4.78 is 5.47. The minimum atomic E-state index is 0.537. The second-order valence-electron chi connectivity index (χ2n) is 5.17. The van der Waals surface area contributed by atoms with Crippen LogP contribution in [0.1, 0.15) is 36.9 Å². The number of aromatic nitrogens is 2. The molecule has 0 radical (unpaired) electrons. The van der Waals surface area contributed by atoms with Crippen molar-refractivity contribution < 1.29 is 4.42 Å². The van der Waals surface area contributed by atoms with Crippen LogP contribution in [0.4, 0.5) is 5.82 Å². The molecule has 0 bridgehead atoms. The van der Waals surface area contributed by atoms with Crippen LogP contribution in [0, 0.1) is 6.92 Å². The third-order valence-electron chi connectivity index (χ3n) is 3.59. The largest absolute Gasteiger partial charge is 0.467 e. The Bertz CT molecular complexity index is 593. The monoisotopic (exact) mass is 291 g/mol. The molecule has 106 valence electrons. The Labute approximate surface area is 123 Å². The van der Waals surface area contributed by atoms with Gasteiger partial charge in [0, 0.05) is 18.0 Å². The first-order chi connectivity index (χ1) is 9.69. The molecule has 20 heavy (non-hydrogen) atoms. The van der Waals surface area contributed by atoms with Crippen molar-refractivity contribution in [1.29, 1.82) is 0 Å². The molecular formula is C15H18ClN3O. The fourth-order valence-electron chi connectivity index (χ4n) is 2.29. The number of halogens is 1. The van der Waals surface area contributed by atoms with E-state index in [9.17, 15) is 0 Å². The number of aryl methyl sites for hydroxylation is 1. The van der Waals surface area contributed by atoms with E-state index >= 15 is 0 Å². The Balaban J connectivity index is 1.96. The Hall–Kier alpha value is -1.55. The van der Waals surface area contributed by atoms with Gasteiger partial charge in [0.2, 0.25) is 0 Å². The molecule has 1 saturated carbocycles. The van der Waals surface area contributed by atoms with E-state index in [1.165, 1.54) is 12.8 Å². The predicted molar refractivity (Wildman–Crippen MR) is 79.1 cm³/mol. The van der Waals surface area contributed by atoms with Gasteiger partial charge in [-0.3, -0.25) is 0 Å². The topological polar surface area (TPSA) is 42.2 Å². The van der Waals surface area contributed by atoms with E-state index in [1.807, 2.05) is 26.0 Å². The van der Waals surface area contributed by atoms with Gasteiger partial charge in [-0.1, -0.05) is 18.5 Å². The first-order valence-electron chi connectivity index (χ1n) is 7.01. The van der Waals surface area contributed by atoms with E-state index in [0.29, 0.717) is 11.2 Å². The van der Waals surface area contributed by atoms with E-state index in [4.69, 9.17) is 16.0 Å². The molecule has 0 aliphatic heterocycles. The summed E-state index contributed by atoms with van der Waals surface area (Å²) in [4.78, 5) is 11.3. The molecule has 0 amide bonds. The Kier molecular flexibility index (Phi) is 3.66. The number of nitrogens with zero attached hydrogens (tertiary/aromatic N) is 3. The highest BCUT2D eigenvalue weighted by Gasteiger charge is 2.32. The van der Waals surface area contributed by atoms with Gasteiger partial charge in [0.05, 0.1) is 12.8 Å². The quantitative estimate of drug-likeness (QED) is 0.787. The van der Waals surface area contributed by atoms with Crippen LogP contribution in [0.3, 0.4) is 0 Å². The van der Waals surface area contributed by atoms with Crippen LogP contribution < -0.4 is 4.90 Å². The van der Waals surface area contributed by atoms with E-state index in [2.05, 4.69) is 14.9 Å². The summed E-state index contributed by atoms with van der Waals surface area (Å²) in [5.41, 5.74) is 0.947. The van der Waals surface area contributed by atoms with E-state index < -0.39 is 0 Å². The maximum absolute atomic E-state index is 6.25. The lowest BCUT2D eigenvalue weighted by Crippen LogP contribution is -2.27. The van der Waals surface area contributed by atoms with Crippen LogP contribution in [0.15, 0.2) is 22.8 Å². The van der Waals surface area contributed by atoms with Crippen LogP contribution in [0.5, 0.6) is 0 Å².